The second-order valence-electron chi connectivity index (χ2n) is 7.38. The standard InChI is InChI=1S/C24H21FN2O2/c1-24(2,25)23-20(22(28)19-9-6-14-26-15-19)21(27-29-23)18-12-10-17(11-13-18)16-7-4-3-5-8-16/h3-15,22,28H,1-2H3. The zero-order chi connectivity index (χ0) is 20.4. The normalized spacial score (nSPS) is 12.7. The number of aliphatic hydroxyl groups is 1. The lowest BCUT2D eigenvalue weighted by Gasteiger charge is -2.17. The summed E-state index contributed by atoms with van der Waals surface area (Å²) in [6.07, 6.45) is 2.06. The van der Waals surface area contributed by atoms with E-state index in [1.54, 1.807) is 24.5 Å². The Kier molecular flexibility index (Phi) is 4.99. The third-order valence-corrected chi connectivity index (χ3v) is 4.81. The first-order valence-corrected chi connectivity index (χ1v) is 9.38. The Morgan fingerprint density at radius 3 is 2.17 bits per heavy atom. The number of halogens is 1. The molecule has 2 aromatic heterocycles. The second kappa shape index (κ2) is 7.60. The molecule has 0 spiro atoms. The monoisotopic (exact) mass is 388 g/mol. The van der Waals surface area contributed by atoms with Crippen LogP contribution >= 0.6 is 0 Å². The second-order valence-corrected chi connectivity index (χ2v) is 7.38. The van der Waals surface area contributed by atoms with Gasteiger partial charge in [0, 0.05) is 23.5 Å². The Labute approximate surface area is 168 Å². The van der Waals surface area contributed by atoms with Crippen molar-refractivity contribution in [2.45, 2.75) is 25.6 Å². The number of aliphatic hydroxyl groups excluding tert-OH is 1. The van der Waals surface area contributed by atoms with Crippen LogP contribution in [0, 0.1) is 0 Å². The van der Waals surface area contributed by atoms with Crippen molar-refractivity contribution in [3.8, 4) is 22.4 Å². The summed E-state index contributed by atoms with van der Waals surface area (Å²) in [7, 11) is 0. The number of benzene rings is 2. The predicted molar refractivity (Wildman–Crippen MR) is 110 cm³/mol. The smallest absolute Gasteiger partial charge is 0.180 e. The number of pyridine rings is 1. The Bertz CT molecular complexity index is 1090. The molecule has 0 saturated carbocycles. The van der Waals surface area contributed by atoms with E-state index < -0.39 is 11.8 Å². The molecule has 0 aliphatic rings. The van der Waals surface area contributed by atoms with E-state index in [1.165, 1.54) is 13.8 Å². The highest BCUT2D eigenvalue weighted by Crippen LogP contribution is 2.40. The molecule has 2 aromatic carbocycles. The van der Waals surface area contributed by atoms with Gasteiger partial charge in [0.15, 0.2) is 11.4 Å². The summed E-state index contributed by atoms with van der Waals surface area (Å²) < 4.78 is 20.2. The van der Waals surface area contributed by atoms with Gasteiger partial charge >= 0.3 is 0 Å². The summed E-state index contributed by atoms with van der Waals surface area (Å²) in [5, 5.41) is 15.1. The van der Waals surface area contributed by atoms with E-state index in [-0.39, 0.29) is 5.76 Å². The van der Waals surface area contributed by atoms with Crippen molar-refractivity contribution in [1.82, 2.24) is 10.1 Å². The van der Waals surface area contributed by atoms with E-state index in [4.69, 9.17) is 4.52 Å². The number of aromatic nitrogens is 2. The van der Waals surface area contributed by atoms with E-state index in [9.17, 15) is 9.50 Å². The molecular weight excluding hydrogens is 367 g/mol. The zero-order valence-corrected chi connectivity index (χ0v) is 16.2. The van der Waals surface area contributed by atoms with Crippen molar-refractivity contribution >= 4 is 0 Å². The Balaban J connectivity index is 1.79. The maximum Gasteiger partial charge on any atom is 0.180 e. The average Bonchev–Trinajstić information content (AvgIpc) is 3.20. The molecule has 4 nitrogen and oxygen atoms in total. The summed E-state index contributed by atoms with van der Waals surface area (Å²) >= 11 is 0. The molecule has 0 fully saturated rings. The first kappa shape index (κ1) is 19.0. The summed E-state index contributed by atoms with van der Waals surface area (Å²) in [6, 6.07) is 21.2. The fourth-order valence-corrected chi connectivity index (χ4v) is 3.34. The fourth-order valence-electron chi connectivity index (χ4n) is 3.34. The molecule has 0 bridgehead atoms. The molecule has 0 amide bonds. The van der Waals surface area contributed by atoms with Crippen LogP contribution in [-0.2, 0) is 5.67 Å². The summed E-state index contributed by atoms with van der Waals surface area (Å²) in [4.78, 5) is 4.05. The van der Waals surface area contributed by atoms with Gasteiger partial charge in [-0.1, -0.05) is 65.8 Å². The van der Waals surface area contributed by atoms with Gasteiger partial charge in [0.05, 0.1) is 5.56 Å². The Morgan fingerprint density at radius 2 is 1.55 bits per heavy atom. The van der Waals surface area contributed by atoms with Crippen LogP contribution < -0.4 is 0 Å². The van der Waals surface area contributed by atoms with E-state index >= 15 is 0 Å². The van der Waals surface area contributed by atoms with Gasteiger partial charge in [0.25, 0.3) is 0 Å². The molecule has 0 radical (unpaired) electrons. The molecule has 4 rings (SSSR count). The molecule has 146 valence electrons. The molecule has 0 saturated heterocycles. The van der Waals surface area contributed by atoms with Crippen LogP contribution in [0.25, 0.3) is 22.4 Å². The highest BCUT2D eigenvalue weighted by atomic mass is 19.1. The number of rotatable bonds is 5. The maximum atomic E-state index is 14.8. The van der Waals surface area contributed by atoms with Crippen LogP contribution in [0.1, 0.15) is 36.8 Å². The van der Waals surface area contributed by atoms with E-state index in [2.05, 4.69) is 10.1 Å². The molecule has 5 heteroatoms. The number of hydrogen-bond donors (Lipinski definition) is 1. The number of hydrogen-bond acceptors (Lipinski definition) is 4. The lowest BCUT2D eigenvalue weighted by molar-refractivity contribution is 0.150. The number of nitrogens with zero attached hydrogens (tertiary/aromatic N) is 2. The van der Waals surface area contributed by atoms with Crippen LogP contribution in [0.3, 0.4) is 0 Å². The summed E-state index contributed by atoms with van der Waals surface area (Å²) in [5.74, 6) is 0.0102. The maximum absolute atomic E-state index is 14.8. The fraction of sp³-hybridized carbons (Fsp3) is 0.167. The van der Waals surface area contributed by atoms with E-state index in [0.717, 1.165) is 16.7 Å². The molecule has 29 heavy (non-hydrogen) atoms. The van der Waals surface area contributed by atoms with Crippen LogP contribution in [0.2, 0.25) is 0 Å². The van der Waals surface area contributed by atoms with Gasteiger partial charge in [0.2, 0.25) is 0 Å². The molecule has 2 heterocycles. The minimum atomic E-state index is -1.80. The largest absolute Gasteiger partial charge is 0.383 e. The van der Waals surface area contributed by atoms with Gasteiger partial charge in [-0.25, -0.2) is 4.39 Å². The predicted octanol–water partition coefficient (Wildman–Crippen LogP) is 5.69. The summed E-state index contributed by atoms with van der Waals surface area (Å²) in [6.45, 7) is 2.77. The Morgan fingerprint density at radius 1 is 0.897 bits per heavy atom. The topological polar surface area (TPSA) is 59.2 Å². The van der Waals surface area contributed by atoms with Gasteiger partial charge in [-0.3, -0.25) is 4.98 Å². The van der Waals surface area contributed by atoms with Gasteiger partial charge < -0.3 is 9.63 Å². The van der Waals surface area contributed by atoms with Crippen molar-refractivity contribution in [1.29, 1.82) is 0 Å². The Hall–Kier alpha value is -3.31. The van der Waals surface area contributed by atoms with E-state index in [0.29, 0.717) is 16.8 Å². The molecule has 1 atom stereocenters. The summed E-state index contributed by atoms with van der Waals surface area (Å²) in [5.41, 5.74) is 2.37. The highest BCUT2D eigenvalue weighted by molar-refractivity contribution is 5.71. The molecule has 0 aliphatic heterocycles. The quantitative estimate of drug-likeness (QED) is 0.477. The minimum Gasteiger partial charge on any atom is -0.383 e. The lowest BCUT2D eigenvalue weighted by Crippen LogP contribution is -2.14. The van der Waals surface area contributed by atoms with Crippen molar-refractivity contribution < 1.29 is 14.0 Å². The third-order valence-electron chi connectivity index (χ3n) is 4.81. The van der Waals surface area contributed by atoms with E-state index in [1.807, 2.05) is 54.6 Å². The van der Waals surface area contributed by atoms with Crippen LogP contribution in [-0.4, -0.2) is 15.2 Å². The van der Waals surface area contributed by atoms with Gasteiger partial charge in [0.1, 0.15) is 11.8 Å². The SMILES string of the molecule is CC(C)(F)c1onc(-c2ccc(-c3ccccc3)cc2)c1C(O)c1cccnc1. The van der Waals surface area contributed by atoms with Gasteiger partial charge in [-0.05, 0) is 31.0 Å². The zero-order valence-electron chi connectivity index (χ0n) is 16.2. The average molecular weight is 388 g/mol. The number of alkyl halides is 1. The van der Waals surface area contributed by atoms with Crippen molar-refractivity contribution in [2.75, 3.05) is 0 Å². The van der Waals surface area contributed by atoms with Crippen molar-refractivity contribution in [3.63, 3.8) is 0 Å². The van der Waals surface area contributed by atoms with Crippen LogP contribution in [0.15, 0.2) is 83.6 Å². The van der Waals surface area contributed by atoms with Crippen LogP contribution in [0.4, 0.5) is 4.39 Å². The van der Waals surface area contributed by atoms with Gasteiger partial charge in [-0.15, -0.1) is 0 Å². The third kappa shape index (κ3) is 3.82. The van der Waals surface area contributed by atoms with Crippen molar-refractivity contribution in [2.24, 2.45) is 0 Å². The molecule has 4 aromatic rings. The first-order valence-electron chi connectivity index (χ1n) is 9.38. The van der Waals surface area contributed by atoms with Crippen LogP contribution in [0.5, 0.6) is 0 Å². The molecule has 0 aliphatic carbocycles. The van der Waals surface area contributed by atoms with Gasteiger partial charge in [-0.2, -0.15) is 0 Å². The lowest BCUT2D eigenvalue weighted by atomic mass is 9.92. The molecular formula is C24H21FN2O2. The first-order chi connectivity index (χ1) is 13.9. The highest BCUT2D eigenvalue weighted by Gasteiger charge is 2.34. The molecule has 1 unspecified atom stereocenters. The van der Waals surface area contributed by atoms with Crippen molar-refractivity contribution in [3.05, 3.63) is 96.0 Å². The minimum absolute atomic E-state index is 0.0102. The molecule has 1 N–H and O–H groups in total.